The largest absolute Gasteiger partial charge is 0.462 e. The van der Waals surface area contributed by atoms with Crippen LogP contribution >= 0.6 is 0 Å². The predicted molar refractivity (Wildman–Crippen MR) is 315 cm³/mol. The SMILES string of the molecule is CC/C=C/C/C=C/C/C=C/C/C=C/C/C=C/CCCCCC(=O)OC[C@@H](COC(=O)CCC/C=C/C/C=C/C/C=C/C/C=C/C/C=C/CC)OC(=O)CCCCC/C=C/C/C=C/C/C=C/C/C=C/CCCCC. The fraction of sp³-hybridized carbons (Fsp3) is 0.537. The smallest absolute Gasteiger partial charge is 0.306 e. The average molecular weight is 1000 g/mol. The molecule has 73 heavy (non-hydrogen) atoms. The Balaban J connectivity index is 4.64. The van der Waals surface area contributed by atoms with Gasteiger partial charge in [0.15, 0.2) is 6.10 Å². The topological polar surface area (TPSA) is 78.9 Å². The average Bonchev–Trinajstić information content (AvgIpc) is 3.39. The molecule has 0 aliphatic carbocycles. The highest BCUT2D eigenvalue weighted by Crippen LogP contribution is 2.11. The minimum atomic E-state index is -0.842. The minimum Gasteiger partial charge on any atom is -0.462 e. The normalized spacial score (nSPS) is 13.4. The molecular formula is C67H102O6. The van der Waals surface area contributed by atoms with Gasteiger partial charge in [0.05, 0.1) is 0 Å². The number of hydrogen-bond donors (Lipinski definition) is 0. The molecule has 0 aromatic rings. The minimum absolute atomic E-state index is 0.135. The van der Waals surface area contributed by atoms with Gasteiger partial charge in [0.1, 0.15) is 13.2 Å². The van der Waals surface area contributed by atoms with E-state index in [2.05, 4.69) is 191 Å². The van der Waals surface area contributed by atoms with Crippen molar-refractivity contribution in [2.45, 2.75) is 219 Å². The maximum atomic E-state index is 12.9. The number of hydrogen-bond acceptors (Lipinski definition) is 6. The van der Waals surface area contributed by atoms with Gasteiger partial charge in [0, 0.05) is 19.3 Å². The first-order valence-electron chi connectivity index (χ1n) is 28.6. The van der Waals surface area contributed by atoms with Gasteiger partial charge in [-0.1, -0.05) is 217 Å². The van der Waals surface area contributed by atoms with E-state index in [1.54, 1.807) is 0 Å². The lowest BCUT2D eigenvalue weighted by atomic mass is 10.1. The summed E-state index contributed by atoms with van der Waals surface area (Å²) in [5.74, 6) is -1.07. The second-order valence-corrected chi connectivity index (χ2v) is 18.1. The fourth-order valence-corrected chi connectivity index (χ4v) is 6.96. The third-order valence-electron chi connectivity index (χ3n) is 11.2. The zero-order chi connectivity index (χ0) is 52.9. The summed E-state index contributed by atoms with van der Waals surface area (Å²) in [4.78, 5) is 38.2. The first-order chi connectivity index (χ1) is 36.0. The molecule has 0 aromatic carbocycles. The van der Waals surface area contributed by atoms with Crippen molar-refractivity contribution in [1.29, 1.82) is 0 Å². The van der Waals surface area contributed by atoms with E-state index in [0.717, 1.165) is 135 Å². The Morgan fingerprint density at radius 2 is 0.548 bits per heavy atom. The van der Waals surface area contributed by atoms with Crippen LogP contribution in [0.2, 0.25) is 0 Å². The summed E-state index contributed by atoms with van der Waals surface area (Å²) >= 11 is 0. The number of esters is 3. The van der Waals surface area contributed by atoms with E-state index in [1.807, 2.05) is 0 Å². The summed E-state index contributed by atoms with van der Waals surface area (Å²) in [7, 11) is 0. The third-order valence-corrected chi connectivity index (χ3v) is 11.2. The molecule has 0 aliphatic rings. The van der Waals surface area contributed by atoms with Crippen molar-refractivity contribution in [2.24, 2.45) is 0 Å². The fourth-order valence-electron chi connectivity index (χ4n) is 6.96. The molecule has 6 heteroatoms. The van der Waals surface area contributed by atoms with Crippen LogP contribution in [0.25, 0.3) is 0 Å². The van der Waals surface area contributed by atoms with Crippen LogP contribution in [0.4, 0.5) is 0 Å². The Morgan fingerprint density at radius 3 is 0.863 bits per heavy atom. The lowest BCUT2D eigenvalue weighted by Crippen LogP contribution is -2.30. The molecule has 0 radical (unpaired) electrons. The van der Waals surface area contributed by atoms with Crippen molar-refractivity contribution in [3.8, 4) is 0 Å². The van der Waals surface area contributed by atoms with E-state index in [4.69, 9.17) is 14.2 Å². The van der Waals surface area contributed by atoms with Crippen LogP contribution < -0.4 is 0 Å². The standard InChI is InChI=1S/C67H102O6/c1-4-7-10-13-16-19-22-25-28-31-33-36-39-42-45-48-51-54-57-60-66(69)72-63-64(62-71-65(68)59-56-53-50-47-44-41-38-35-30-27-24-21-18-15-12-9-6-3)73-67(70)61-58-55-52-49-46-43-40-37-34-32-29-26-23-20-17-14-11-8-5-2/h7,9-10,12,16-21,25-30,33-34,36-38,41-43,45-47,50,64H,4-6,8,11,13-15,22-24,31-32,35,39-40,44,48-49,51-63H2,1-3H3/b10-7+,12-9+,19-16+,20-17+,21-18+,28-25+,29-26+,30-27+,36-33+,37-34+,41-38+,45-42+,46-43+,50-47+/t64-/m1/s1. The van der Waals surface area contributed by atoms with Crippen LogP contribution in [0.1, 0.15) is 213 Å². The zero-order valence-electron chi connectivity index (χ0n) is 46.3. The number of ether oxygens (including phenoxy) is 3. The van der Waals surface area contributed by atoms with Crippen molar-refractivity contribution in [3.05, 3.63) is 170 Å². The Morgan fingerprint density at radius 1 is 0.288 bits per heavy atom. The highest BCUT2D eigenvalue weighted by Gasteiger charge is 2.19. The Hall–Kier alpha value is -5.23. The first-order valence-corrected chi connectivity index (χ1v) is 28.6. The summed E-state index contributed by atoms with van der Waals surface area (Å²) < 4.78 is 16.8. The molecule has 0 heterocycles. The molecule has 0 N–H and O–H groups in total. The monoisotopic (exact) mass is 1000 g/mol. The molecular weight excluding hydrogens is 901 g/mol. The summed E-state index contributed by atoms with van der Waals surface area (Å²) in [6.07, 6.45) is 87.7. The van der Waals surface area contributed by atoms with Gasteiger partial charge < -0.3 is 14.2 Å². The number of carbonyl (C=O) groups is 3. The number of unbranched alkanes of at least 4 members (excludes halogenated alkanes) is 10. The summed E-state index contributed by atoms with van der Waals surface area (Å²) in [6, 6.07) is 0. The molecule has 6 nitrogen and oxygen atoms in total. The van der Waals surface area contributed by atoms with Gasteiger partial charge in [-0.05, 0) is 148 Å². The van der Waals surface area contributed by atoms with Gasteiger partial charge in [0.2, 0.25) is 0 Å². The maximum absolute atomic E-state index is 12.9. The number of allylic oxidation sites excluding steroid dienone is 28. The van der Waals surface area contributed by atoms with E-state index < -0.39 is 6.10 Å². The first kappa shape index (κ1) is 67.8. The van der Waals surface area contributed by atoms with Gasteiger partial charge in [-0.2, -0.15) is 0 Å². The van der Waals surface area contributed by atoms with Gasteiger partial charge >= 0.3 is 17.9 Å². The van der Waals surface area contributed by atoms with Gasteiger partial charge in [-0.15, -0.1) is 0 Å². The summed E-state index contributed by atoms with van der Waals surface area (Å²) in [6.45, 7) is 6.26. The van der Waals surface area contributed by atoms with Crippen LogP contribution in [0.15, 0.2) is 170 Å². The quantitative estimate of drug-likeness (QED) is 0.0261. The van der Waals surface area contributed by atoms with Gasteiger partial charge in [0.25, 0.3) is 0 Å². The summed E-state index contributed by atoms with van der Waals surface area (Å²) in [5, 5.41) is 0. The molecule has 0 rings (SSSR count). The molecule has 0 spiro atoms. The van der Waals surface area contributed by atoms with E-state index in [9.17, 15) is 14.4 Å². The van der Waals surface area contributed by atoms with Crippen molar-refractivity contribution >= 4 is 17.9 Å². The third kappa shape index (κ3) is 57.5. The van der Waals surface area contributed by atoms with Gasteiger partial charge in [-0.25, -0.2) is 0 Å². The second-order valence-electron chi connectivity index (χ2n) is 18.1. The molecule has 0 unspecified atom stereocenters. The Bertz CT molecular complexity index is 1720. The van der Waals surface area contributed by atoms with Crippen molar-refractivity contribution in [2.75, 3.05) is 13.2 Å². The lowest BCUT2D eigenvalue weighted by molar-refractivity contribution is -0.167. The lowest BCUT2D eigenvalue weighted by Gasteiger charge is -2.18. The molecule has 1 atom stereocenters. The Kier molecular flexibility index (Phi) is 55.1. The molecule has 0 aliphatic heterocycles. The molecule has 0 fully saturated rings. The van der Waals surface area contributed by atoms with Crippen LogP contribution in [-0.2, 0) is 28.6 Å². The number of carbonyl (C=O) groups excluding carboxylic acids is 3. The second kappa shape index (κ2) is 59.3. The van der Waals surface area contributed by atoms with Crippen molar-refractivity contribution in [3.63, 3.8) is 0 Å². The van der Waals surface area contributed by atoms with E-state index >= 15 is 0 Å². The van der Waals surface area contributed by atoms with Crippen LogP contribution in [0, 0.1) is 0 Å². The van der Waals surface area contributed by atoms with E-state index in [-0.39, 0.29) is 44.0 Å². The zero-order valence-corrected chi connectivity index (χ0v) is 46.3. The van der Waals surface area contributed by atoms with Crippen molar-refractivity contribution < 1.29 is 28.6 Å². The predicted octanol–water partition coefficient (Wildman–Crippen LogP) is 19.5. The highest BCUT2D eigenvalue weighted by atomic mass is 16.6. The summed E-state index contributed by atoms with van der Waals surface area (Å²) in [5.41, 5.74) is 0. The van der Waals surface area contributed by atoms with Crippen LogP contribution in [-0.4, -0.2) is 37.2 Å². The maximum Gasteiger partial charge on any atom is 0.306 e. The van der Waals surface area contributed by atoms with Crippen LogP contribution in [0.3, 0.4) is 0 Å². The molecule has 406 valence electrons. The molecule has 0 amide bonds. The highest BCUT2D eigenvalue weighted by molar-refractivity contribution is 5.71. The van der Waals surface area contributed by atoms with Crippen molar-refractivity contribution in [1.82, 2.24) is 0 Å². The van der Waals surface area contributed by atoms with E-state index in [0.29, 0.717) is 19.3 Å². The molecule has 0 aromatic heterocycles. The molecule has 0 saturated heterocycles. The van der Waals surface area contributed by atoms with Crippen LogP contribution in [0.5, 0.6) is 0 Å². The molecule has 0 bridgehead atoms. The molecule has 0 saturated carbocycles. The number of rotatable bonds is 49. The van der Waals surface area contributed by atoms with E-state index in [1.165, 1.54) is 25.7 Å². The van der Waals surface area contributed by atoms with Gasteiger partial charge in [-0.3, -0.25) is 14.4 Å². The Labute approximate surface area is 447 Å².